The third-order valence-corrected chi connectivity index (χ3v) is 2.47. The second kappa shape index (κ2) is 5.45. The van der Waals surface area contributed by atoms with Crippen LogP contribution in [-0.4, -0.2) is 31.0 Å². The number of amides is 2. The molecule has 2 amide bonds. The van der Waals surface area contributed by atoms with Crippen LogP contribution in [-0.2, 0) is 20.9 Å². The summed E-state index contributed by atoms with van der Waals surface area (Å²) in [5.41, 5.74) is 1.04. The van der Waals surface area contributed by atoms with E-state index in [1.54, 1.807) is 0 Å². The van der Waals surface area contributed by atoms with Crippen molar-refractivity contribution in [1.29, 1.82) is 0 Å². The molecule has 17 heavy (non-hydrogen) atoms. The monoisotopic (exact) mass is 234 g/mol. The highest BCUT2D eigenvalue weighted by molar-refractivity contribution is 5.94. The maximum absolute atomic E-state index is 11.4. The molecular formula is C12H14N2O3. The third kappa shape index (κ3) is 3.29. The first kappa shape index (κ1) is 11.6. The van der Waals surface area contributed by atoms with E-state index in [1.807, 2.05) is 30.3 Å². The summed E-state index contributed by atoms with van der Waals surface area (Å²) in [4.78, 5) is 22.4. The summed E-state index contributed by atoms with van der Waals surface area (Å²) in [5, 5.41) is 5.08. The summed E-state index contributed by atoms with van der Waals surface area (Å²) >= 11 is 0. The van der Waals surface area contributed by atoms with Crippen molar-refractivity contribution < 1.29 is 14.3 Å². The van der Waals surface area contributed by atoms with Crippen LogP contribution in [0.15, 0.2) is 30.3 Å². The van der Waals surface area contributed by atoms with Gasteiger partial charge in [-0.15, -0.1) is 0 Å². The van der Waals surface area contributed by atoms with Gasteiger partial charge in [0.15, 0.2) is 0 Å². The smallest absolute Gasteiger partial charge is 0.245 e. The van der Waals surface area contributed by atoms with Gasteiger partial charge in [-0.25, -0.2) is 0 Å². The third-order valence-electron chi connectivity index (χ3n) is 2.47. The standard InChI is InChI=1S/C12H14N2O3/c15-11-6-13-12(16)10(14-11)8-17-7-9-4-2-1-3-5-9/h1-5,10H,6-8H2,(H,13,16)(H,14,15)/t10-/m1/s1. The molecule has 2 N–H and O–H groups in total. The minimum absolute atomic E-state index is 0.0496. The highest BCUT2D eigenvalue weighted by atomic mass is 16.5. The molecule has 1 atom stereocenters. The second-order valence-corrected chi connectivity index (χ2v) is 3.84. The second-order valence-electron chi connectivity index (χ2n) is 3.84. The van der Waals surface area contributed by atoms with Gasteiger partial charge in [0.1, 0.15) is 6.04 Å². The van der Waals surface area contributed by atoms with Crippen LogP contribution in [0.25, 0.3) is 0 Å². The van der Waals surface area contributed by atoms with Crippen LogP contribution in [0.1, 0.15) is 5.56 Å². The molecule has 0 aromatic heterocycles. The van der Waals surface area contributed by atoms with Crippen LogP contribution in [0.3, 0.4) is 0 Å². The van der Waals surface area contributed by atoms with Gasteiger partial charge in [-0.05, 0) is 5.56 Å². The Morgan fingerprint density at radius 3 is 2.76 bits per heavy atom. The fraction of sp³-hybridized carbons (Fsp3) is 0.333. The van der Waals surface area contributed by atoms with Gasteiger partial charge >= 0.3 is 0 Å². The maximum Gasteiger partial charge on any atom is 0.245 e. The highest BCUT2D eigenvalue weighted by Gasteiger charge is 2.25. The zero-order chi connectivity index (χ0) is 12.1. The molecule has 1 aliphatic heterocycles. The van der Waals surface area contributed by atoms with E-state index in [0.717, 1.165) is 5.56 Å². The molecule has 5 nitrogen and oxygen atoms in total. The van der Waals surface area contributed by atoms with E-state index in [0.29, 0.717) is 6.61 Å². The molecule has 0 aliphatic carbocycles. The van der Waals surface area contributed by atoms with Gasteiger partial charge < -0.3 is 15.4 Å². The Hall–Kier alpha value is -1.88. The van der Waals surface area contributed by atoms with E-state index in [-0.39, 0.29) is 25.0 Å². The SMILES string of the molecule is O=C1CNC(=O)[C@@H](COCc2ccccc2)N1. The van der Waals surface area contributed by atoms with Crippen molar-refractivity contribution >= 4 is 11.8 Å². The van der Waals surface area contributed by atoms with Crippen molar-refractivity contribution in [2.45, 2.75) is 12.6 Å². The summed E-state index contributed by atoms with van der Waals surface area (Å²) in [6, 6.07) is 9.08. The van der Waals surface area contributed by atoms with Gasteiger partial charge in [-0.1, -0.05) is 30.3 Å². The number of carbonyl (C=O) groups excluding carboxylic acids is 2. The van der Waals surface area contributed by atoms with Gasteiger partial charge in [-0.3, -0.25) is 9.59 Å². The first-order valence-electron chi connectivity index (χ1n) is 5.44. The molecule has 5 heteroatoms. The molecule has 90 valence electrons. The van der Waals surface area contributed by atoms with Crippen molar-refractivity contribution in [2.24, 2.45) is 0 Å². The van der Waals surface area contributed by atoms with Crippen LogP contribution in [0.4, 0.5) is 0 Å². The molecule has 1 saturated heterocycles. The van der Waals surface area contributed by atoms with Gasteiger partial charge in [-0.2, -0.15) is 0 Å². The summed E-state index contributed by atoms with van der Waals surface area (Å²) in [7, 11) is 0. The van der Waals surface area contributed by atoms with Crippen LogP contribution < -0.4 is 10.6 Å². The van der Waals surface area contributed by atoms with Crippen molar-refractivity contribution in [3.8, 4) is 0 Å². The number of hydrogen-bond acceptors (Lipinski definition) is 3. The molecule has 1 aromatic rings. The molecule has 0 unspecified atom stereocenters. The van der Waals surface area contributed by atoms with Crippen molar-refractivity contribution in [3.05, 3.63) is 35.9 Å². The predicted octanol–water partition coefficient (Wildman–Crippen LogP) is -0.182. The van der Waals surface area contributed by atoms with Gasteiger partial charge in [0.2, 0.25) is 11.8 Å². The zero-order valence-electron chi connectivity index (χ0n) is 9.31. The lowest BCUT2D eigenvalue weighted by molar-refractivity contribution is -0.135. The summed E-state index contributed by atoms with van der Waals surface area (Å²) < 4.78 is 5.40. The minimum Gasteiger partial charge on any atom is -0.374 e. The number of carbonyl (C=O) groups is 2. The van der Waals surface area contributed by atoms with E-state index in [2.05, 4.69) is 10.6 Å². The Labute approximate surface area is 99.2 Å². The van der Waals surface area contributed by atoms with E-state index >= 15 is 0 Å². The Morgan fingerprint density at radius 1 is 1.24 bits per heavy atom. The zero-order valence-corrected chi connectivity index (χ0v) is 9.31. The molecule has 0 radical (unpaired) electrons. The summed E-state index contributed by atoms with van der Waals surface area (Å²) in [6.07, 6.45) is 0. The van der Waals surface area contributed by atoms with Crippen LogP contribution in [0.5, 0.6) is 0 Å². The molecule has 1 aromatic carbocycles. The molecule has 0 bridgehead atoms. The fourth-order valence-corrected chi connectivity index (χ4v) is 1.59. The Balaban J connectivity index is 1.78. The average molecular weight is 234 g/mol. The number of hydrogen-bond donors (Lipinski definition) is 2. The number of benzene rings is 1. The molecule has 1 aliphatic rings. The largest absolute Gasteiger partial charge is 0.374 e. The quantitative estimate of drug-likeness (QED) is 0.759. The van der Waals surface area contributed by atoms with Gasteiger partial charge in [0, 0.05) is 0 Å². The topological polar surface area (TPSA) is 67.4 Å². The lowest BCUT2D eigenvalue weighted by Gasteiger charge is -2.22. The van der Waals surface area contributed by atoms with Crippen LogP contribution >= 0.6 is 0 Å². The van der Waals surface area contributed by atoms with E-state index in [9.17, 15) is 9.59 Å². The molecule has 0 saturated carbocycles. The normalized spacial score (nSPS) is 19.6. The van der Waals surface area contributed by atoms with E-state index < -0.39 is 6.04 Å². The van der Waals surface area contributed by atoms with Crippen molar-refractivity contribution in [1.82, 2.24) is 10.6 Å². The molecule has 1 fully saturated rings. The Bertz CT molecular complexity index is 405. The van der Waals surface area contributed by atoms with Crippen molar-refractivity contribution in [3.63, 3.8) is 0 Å². The number of nitrogens with one attached hydrogen (secondary N) is 2. The van der Waals surface area contributed by atoms with E-state index in [4.69, 9.17) is 4.74 Å². The van der Waals surface area contributed by atoms with Crippen LogP contribution in [0.2, 0.25) is 0 Å². The van der Waals surface area contributed by atoms with Crippen LogP contribution in [0, 0.1) is 0 Å². The number of piperazine rings is 1. The Kier molecular flexibility index (Phi) is 3.72. The fourth-order valence-electron chi connectivity index (χ4n) is 1.59. The summed E-state index contributed by atoms with van der Waals surface area (Å²) in [6.45, 7) is 0.668. The lowest BCUT2D eigenvalue weighted by Crippen LogP contribution is -2.57. The summed E-state index contributed by atoms with van der Waals surface area (Å²) in [5.74, 6) is -0.379. The van der Waals surface area contributed by atoms with Gasteiger partial charge in [0.25, 0.3) is 0 Å². The average Bonchev–Trinajstić information content (AvgIpc) is 2.35. The predicted molar refractivity (Wildman–Crippen MR) is 61.0 cm³/mol. The Morgan fingerprint density at radius 2 is 2.00 bits per heavy atom. The number of rotatable bonds is 4. The first-order valence-corrected chi connectivity index (χ1v) is 5.44. The van der Waals surface area contributed by atoms with Crippen molar-refractivity contribution in [2.75, 3.05) is 13.2 Å². The number of ether oxygens (including phenoxy) is 1. The maximum atomic E-state index is 11.4. The first-order chi connectivity index (χ1) is 8.25. The lowest BCUT2D eigenvalue weighted by atomic mass is 10.2. The molecule has 1 heterocycles. The molecular weight excluding hydrogens is 220 g/mol. The minimum atomic E-state index is -0.583. The molecule has 2 rings (SSSR count). The molecule has 0 spiro atoms. The van der Waals surface area contributed by atoms with E-state index in [1.165, 1.54) is 0 Å². The van der Waals surface area contributed by atoms with Gasteiger partial charge in [0.05, 0.1) is 19.8 Å². The highest BCUT2D eigenvalue weighted by Crippen LogP contribution is 2.01.